The van der Waals surface area contributed by atoms with Gasteiger partial charge in [-0.2, -0.15) is 0 Å². The number of hydrogen-bond acceptors (Lipinski definition) is 2. The van der Waals surface area contributed by atoms with Gasteiger partial charge in [0.05, 0.1) is 0 Å². The van der Waals surface area contributed by atoms with Crippen LogP contribution in [-0.4, -0.2) is 6.04 Å². The van der Waals surface area contributed by atoms with E-state index in [1.807, 2.05) is 43.3 Å². The molecule has 0 aliphatic heterocycles. The summed E-state index contributed by atoms with van der Waals surface area (Å²) in [7, 11) is 0. The summed E-state index contributed by atoms with van der Waals surface area (Å²) >= 11 is 0. The topological polar surface area (TPSA) is 35.2 Å². The minimum Gasteiger partial charge on any atom is -0.489 e. The van der Waals surface area contributed by atoms with Crippen LogP contribution in [0.5, 0.6) is 5.75 Å². The van der Waals surface area contributed by atoms with Gasteiger partial charge in [0, 0.05) is 12.1 Å². The van der Waals surface area contributed by atoms with Gasteiger partial charge in [-0.15, -0.1) is 0 Å². The van der Waals surface area contributed by atoms with Gasteiger partial charge in [-0.05, 0) is 36.6 Å². The maximum atomic E-state index is 13.5. The zero-order chi connectivity index (χ0) is 13.7. The zero-order valence-corrected chi connectivity index (χ0v) is 11.0. The maximum absolute atomic E-state index is 13.5. The van der Waals surface area contributed by atoms with Gasteiger partial charge in [0.2, 0.25) is 0 Å². The molecule has 0 heterocycles. The fourth-order valence-electron chi connectivity index (χ4n) is 1.93. The monoisotopic (exact) mass is 259 g/mol. The van der Waals surface area contributed by atoms with Crippen molar-refractivity contribution < 1.29 is 9.13 Å². The Morgan fingerprint density at radius 2 is 1.84 bits per heavy atom. The number of halogens is 1. The minimum atomic E-state index is -0.291. The molecule has 0 bridgehead atoms. The Morgan fingerprint density at radius 1 is 1.11 bits per heavy atom. The van der Waals surface area contributed by atoms with Crippen molar-refractivity contribution >= 4 is 0 Å². The molecule has 0 aliphatic carbocycles. The first-order chi connectivity index (χ1) is 9.13. The van der Waals surface area contributed by atoms with Crippen molar-refractivity contribution in [2.45, 2.75) is 26.0 Å². The molecule has 2 rings (SSSR count). The highest BCUT2D eigenvalue weighted by Gasteiger charge is 2.04. The third-order valence-corrected chi connectivity index (χ3v) is 2.74. The average Bonchev–Trinajstić information content (AvgIpc) is 2.36. The molecule has 100 valence electrons. The van der Waals surface area contributed by atoms with Crippen LogP contribution in [0.15, 0.2) is 48.5 Å². The molecule has 2 nitrogen and oxygen atoms in total. The van der Waals surface area contributed by atoms with E-state index in [4.69, 9.17) is 10.5 Å². The molecular weight excluding hydrogens is 241 g/mol. The third-order valence-electron chi connectivity index (χ3n) is 2.74. The molecule has 0 saturated carbocycles. The summed E-state index contributed by atoms with van der Waals surface area (Å²) in [4.78, 5) is 0. The Balaban J connectivity index is 2.05. The van der Waals surface area contributed by atoms with E-state index in [2.05, 4.69) is 0 Å². The van der Waals surface area contributed by atoms with Crippen LogP contribution in [0.4, 0.5) is 4.39 Å². The van der Waals surface area contributed by atoms with Gasteiger partial charge in [0.15, 0.2) is 0 Å². The quantitative estimate of drug-likeness (QED) is 0.894. The molecule has 2 N–H and O–H groups in total. The molecule has 0 amide bonds. The Labute approximate surface area is 113 Å². The molecule has 0 fully saturated rings. The van der Waals surface area contributed by atoms with Gasteiger partial charge in [-0.3, -0.25) is 0 Å². The summed E-state index contributed by atoms with van der Waals surface area (Å²) in [6, 6.07) is 14.5. The van der Waals surface area contributed by atoms with Crippen molar-refractivity contribution in [1.29, 1.82) is 0 Å². The standard InChI is InChI=1S/C16H18FNO/c1-12(18)7-14-8-15(17)10-16(9-14)19-11-13-5-3-2-4-6-13/h2-6,8-10,12H,7,11,18H2,1H3. The summed E-state index contributed by atoms with van der Waals surface area (Å²) in [5, 5.41) is 0. The number of nitrogens with two attached hydrogens (primary N) is 1. The second-order valence-electron chi connectivity index (χ2n) is 4.75. The molecule has 2 aromatic carbocycles. The van der Waals surface area contributed by atoms with Gasteiger partial charge in [0.25, 0.3) is 0 Å². The normalized spacial score (nSPS) is 12.2. The summed E-state index contributed by atoms with van der Waals surface area (Å²) in [5.74, 6) is 0.251. The van der Waals surface area contributed by atoms with Crippen LogP contribution in [0.3, 0.4) is 0 Å². The van der Waals surface area contributed by atoms with E-state index in [1.54, 1.807) is 0 Å². The lowest BCUT2D eigenvalue weighted by molar-refractivity contribution is 0.304. The van der Waals surface area contributed by atoms with Crippen molar-refractivity contribution in [3.63, 3.8) is 0 Å². The fraction of sp³-hybridized carbons (Fsp3) is 0.250. The molecule has 2 aromatic rings. The van der Waals surface area contributed by atoms with E-state index in [-0.39, 0.29) is 11.9 Å². The van der Waals surface area contributed by atoms with E-state index in [0.29, 0.717) is 18.8 Å². The first-order valence-electron chi connectivity index (χ1n) is 6.35. The van der Waals surface area contributed by atoms with Crippen LogP contribution in [0.25, 0.3) is 0 Å². The Hall–Kier alpha value is -1.87. The maximum Gasteiger partial charge on any atom is 0.127 e. The minimum absolute atomic E-state index is 0.00349. The lowest BCUT2D eigenvalue weighted by Crippen LogP contribution is -2.17. The second-order valence-corrected chi connectivity index (χ2v) is 4.75. The third kappa shape index (κ3) is 4.38. The molecule has 0 aromatic heterocycles. The molecule has 0 radical (unpaired) electrons. The smallest absolute Gasteiger partial charge is 0.127 e. The van der Waals surface area contributed by atoms with Crippen LogP contribution in [0.1, 0.15) is 18.1 Å². The molecule has 19 heavy (non-hydrogen) atoms. The Bertz CT molecular complexity index is 526. The first kappa shape index (κ1) is 13.6. The predicted octanol–water partition coefficient (Wildman–Crippen LogP) is 3.29. The summed E-state index contributed by atoms with van der Waals surface area (Å²) in [6.07, 6.45) is 0.638. The van der Waals surface area contributed by atoms with Gasteiger partial charge in [-0.25, -0.2) is 4.39 Å². The summed E-state index contributed by atoms with van der Waals surface area (Å²) in [5.41, 5.74) is 7.64. The SMILES string of the molecule is CC(N)Cc1cc(F)cc(OCc2ccccc2)c1. The van der Waals surface area contributed by atoms with Crippen molar-refractivity contribution in [3.05, 3.63) is 65.5 Å². The second kappa shape index (κ2) is 6.34. The van der Waals surface area contributed by atoms with Crippen molar-refractivity contribution in [1.82, 2.24) is 0 Å². The molecular formula is C16H18FNO. The van der Waals surface area contributed by atoms with Crippen LogP contribution in [-0.2, 0) is 13.0 Å². The molecule has 1 unspecified atom stereocenters. The highest BCUT2D eigenvalue weighted by atomic mass is 19.1. The van der Waals surface area contributed by atoms with Gasteiger partial charge in [0.1, 0.15) is 18.2 Å². The molecule has 1 atom stereocenters. The van der Waals surface area contributed by atoms with Gasteiger partial charge < -0.3 is 10.5 Å². The molecule has 0 saturated heterocycles. The number of benzene rings is 2. The van der Waals surface area contributed by atoms with Crippen molar-refractivity contribution in [2.75, 3.05) is 0 Å². The fourth-order valence-corrected chi connectivity index (χ4v) is 1.93. The highest BCUT2D eigenvalue weighted by molar-refractivity contribution is 5.30. The molecule has 0 aliphatic rings. The average molecular weight is 259 g/mol. The first-order valence-corrected chi connectivity index (χ1v) is 6.35. The number of hydrogen-bond donors (Lipinski definition) is 1. The van der Waals surface area contributed by atoms with Crippen LogP contribution in [0, 0.1) is 5.82 Å². The van der Waals surface area contributed by atoms with Crippen molar-refractivity contribution in [2.24, 2.45) is 5.73 Å². The largest absolute Gasteiger partial charge is 0.489 e. The van der Waals surface area contributed by atoms with Crippen LogP contribution >= 0.6 is 0 Å². The predicted molar refractivity (Wildman–Crippen MR) is 74.5 cm³/mol. The number of ether oxygens (including phenoxy) is 1. The zero-order valence-electron chi connectivity index (χ0n) is 11.0. The van der Waals surface area contributed by atoms with E-state index >= 15 is 0 Å². The van der Waals surface area contributed by atoms with E-state index in [1.165, 1.54) is 12.1 Å². The van der Waals surface area contributed by atoms with E-state index in [9.17, 15) is 4.39 Å². The highest BCUT2D eigenvalue weighted by Crippen LogP contribution is 2.18. The van der Waals surface area contributed by atoms with Crippen LogP contribution < -0.4 is 10.5 Å². The molecule has 3 heteroatoms. The van der Waals surface area contributed by atoms with Gasteiger partial charge in [-0.1, -0.05) is 30.3 Å². The lowest BCUT2D eigenvalue weighted by Gasteiger charge is -2.10. The number of rotatable bonds is 5. The van der Waals surface area contributed by atoms with E-state index in [0.717, 1.165) is 11.1 Å². The van der Waals surface area contributed by atoms with E-state index < -0.39 is 0 Å². The van der Waals surface area contributed by atoms with Gasteiger partial charge >= 0.3 is 0 Å². The lowest BCUT2D eigenvalue weighted by atomic mass is 10.1. The van der Waals surface area contributed by atoms with Crippen molar-refractivity contribution in [3.8, 4) is 5.75 Å². The van der Waals surface area contributed by atoms with Crippen LogP contribution in [0.2, 0.25) is 0 Å². The molecule has 0 spiro atoms. The summed E-state index contributed by atoms with van der Waals surface area (Å²) in [6.45, 7) is 2.33. The summed E-state index contributed by atoms with van der Waals surface area (Å²) < 4.78 is 19.1. The Morgan fingerprint density at radius 3 is 2.53 bits per heavy atom. The Kier molecular flexibility index (Phi) is 4.53.